The molecule has 0 radical (unpaired) electrons. The summed E-state index contributed by atoms with van der Waals surface area (Å²) in [5, 5.41) is 20.3. The number of hydrogen-bond acceptors (Lipinski definition) is 4. The van der Waals surface area contributed by atoms with Gasteiger partial charge < -0.3 is 5.11 Å². The molecule has 1 aliphatic rings. The van der Waals surface area contributed by atoms with Crippen LogP contribution >= 0.6 is 0 Å². The number of aromatic nitrogens is 2. The van der Waals surface area contributed by atoms with E-state index >= 15 is 0 Å². The summed E-state index contributed by atoms with van der Waals surface area (Å²) in [5.41, 5.74) is 6.49. The first-order chi connectivity index (χ1) is 18.0. The zero-order chi connectivity index (χ0) is 25.8. The molecule has 1 N–H and O–H groups in total. The van der Waals surface area contributed by atoms with E-state index in [-0.39, 0.29) is 31.2 Å². The molecular formula is C30H28N4O3. The number of carbonyl (C=O) groups excluding carboxylic acids is 1. The van der Waals surface area contributed by atoms with Gasteiger partial charge in [-0.1, -0.05) is 72.8 Å². The molecule has 0 bridgehead atoms. The summed E-state index contributed by atoms with van der Waals surface area (Å²) in [6, 6.07) is 27.4. The van der Waals surface area contributed by atoms with Crippen molar-refractivity contribution in [1.29, 1.82) is 0 Å². The molecule has 5 rings (SSSR count). The molecule has 1 amide bonds. The molecule has 0 fully saturated rings. The number of aryl methyl sites for hydroxylation is 1. The van der Waals surface area contributed by atoms with Gasteiger partial charge in [-0.15, -0.1) is 0 Å². The highest BCUT2D eigenvalue weighted by molar-refractivity contribution is 6.03. The summed E-state index contributed by atoms with van der Waals surface area (Å²) in [6.07, 6.45) is 2.85. The Balaban J connectivity index is 1.59. The molecule has 0 spiro atoms. The van der Waals surface area contributed by atoms with Crippen LogP contribution in [0.2, 0.25) is 0 Å². The van der Waals surface area contributed by atoms with Crippen LogP contribution in [0.1, 0.15) is 48.4 Å². The van der Waals surface area contributed by atoms with Gasteiger partial charge in [-0.3, -0.25) is 9.59 Å². The highest BCUT2D eigenvalue weighted by atomic mass is 16.4. The second-order valence-corrected chi connectivity index (χ2v) is 9.15. The molecule has 1 aliphatic heterocycles. The summed E-state index contributed by atoms with van der Waals surface area (Å²) >= 11 is 0. The molecule has 7 heteroatoms. The van der Waals surface area contributed by atoms with Crippen LogP contribution < -0.4 is 0 Å². The van der Waals surface area contributed by atoms with Crippen LogP contribution in [0, 0.1) is 6.92 Å². The molecule has 2 heterocycles. The fourth-order valence-corrected chi connectivity index (χ4v) is 4.69. The highest BCUT2D eigenvalue weighted by Gasteiger charge is 2.36. The molecule has 186 valence electrons. The van der Waals surface area contributed by atoms with Crippen molar-refractivity contribution in [2.75, 3.05) is 0 Å². The normalized spacial score (nSPS) is 15.0. The third-order valence-electron chi connectivity index (χ3n) is 6.58. The van der Waals surface area contributed by atoms with Crippen LogP contribution in [0.15, 0.2) is 96.2 Å². The molecule has 1 atom stereocenters. The fourth-order valence-electron chi connectivity index (χ4n) is 4.69. The third kappa shape index (κ3) is 5.21. The van der Waals surface area contributed by atoms with E-state index < -0.39 is 5.97 Å². The molecule has 1 aromatic heterocycles. The summed E-state index contributed by atoms with van der Waals surface area (Å²) in [7, 11) is 0. The van der Waals surface area contributed by atoms with Crippen LogP contribution in [0.5, 0.6) is 0 Å². The third-order valence-corrected chi connectivity index (χ3v) is 6.58. The number of carboxylic acids is 1. The minimum Gasteiger partial charge on any atom is -0.481 e. The summed E-state index contributed by atoms with van der Waals surface area (Å²) in [5.74, 6) is -1.11. The van der Waals surface area contributed by atoms with Crippen molar-refractivity contribution in [2.45, 2.75) is 38.6 Å². The first kappa shape index (κ1) is 24.2. The van der Waals surface area contributed by atoms with Crippen molar-refractivity contribution in [3.63, 3.8) is 0 Å². The van der Waals surface area contributed by atoms with E-state index in [1.807, 2.05) is 89.7 Å². The standard InChI is InChI=1S/C30H28N4O3/c1-21-11-8-9-16-24(21)30-25(20-33(32-30)23-14-6-3-7-15-23)27-19-26(22-12-4-2-5-13-22)31-34(27)28(35)17-10-18-29(36)37/h2-9,11-16,20,27H,10,17-19H2,1H3,(H,36,37). The lowest BCUT2D eigenvalue weighted by atomic mass is 9.95. The average Bonchev–Trinajstić information content (AvgIpc) is 3.55. The van der Waals surface area contributed by atoms with Gasteiger partial charge in [0.15, 0.2) is 0 Å². The van der Waals surface area contributed by atoms with Crippen LogP contribution in [-0.2, 0) is 9.59 Å². The van der Waals surface area contributed by atoms with E-state index in [0.717, 1.165) is 39.3 Å². The quantitative estimate of drug-likeness (QED) is 0.338. The van der Waals surface area contributed by atoms with Gasteiger partial charge in [0, 0.05) is 36.6 Å². The lowest BCUT2D eigenvalue weighted by Gasteiger charge is -2.22. The minimum absolute atomic E-state index is 0.0557. The molecule has 7 nitrogen and oxygen atoms in total. The summed E-state index contributed by atoms with van der Waals surface area (Å²) in [4.78, 5) is 24.4. The van der Waals surface area contributed by atoms with E-state index in [2.05, 4.69) is 13.0 Å². The molecule has 0 aliphatic carbocycles. The predicted molar refractivity (Wildman–Crippen MR) is 142 cm³/mol. The Labute approximate surface area is 215 Å². The van der Waals surface area contributed by atoms with E-state index in [9.17, 15) is 9.59 Å². The number of carboxylic acid groups (broad SMARTS) is 1. The van der Waals surface area contributed by atoms with Gasteiger partial charge in [0.1, 0.15) is 0 Å². The Morgan fingerprint density at radius 2 is 1.59 bits per heavy atom. The van der Waals surface area contributed by atoms with Gasteiger partial charge in [-0.25, -0.2) is 9.69 Å². The molecule has 37 heavy (non-hydrogen) atoms. The zero-order valence-corrected chi connectivity index (χ0v) is 20.6. The van der Waals surface area contributed by atoms with E-state index in [0.29, 0.717) is 6.42 Å². The van der Waals surface area contributed by atoms with E-state index in [1.54, 1.807) is 0 Å². The van der Waals surface area contributed by atoms with Crippen LogP contribution in [0.25, 0.3) is 16.9 Å². The summed E-state index contributed by atoms with van der Waals surface area (Å²) < 4.78 is 1.85. The van der Waals surface area contributed by atoms with Crippen molar-refractivity contribution in [2.24, 2.45) is 5.10 Å². The van der Waals surface area contributed by atoms with Gasteiger partial charge in [0.25, 0.3) is 0 Å². The number of hydrazone groups is 1. The lowest BCUT2D eigenvalue weighted by molar-refractivity contribution is -0.137. The fraction of sp³-hybridized carbons (Fsp3) is 0.200. The highest BCUT2D eigenvalue weighted by Crippen LogP contribution is 2.39. The van der Waals surface area contributed by atoms with Crippen molar-refractivity contribution in [1.82, 2.24) is 14.8 Å². The van der Waals surface area contributed by atoms with Crippen LogP contribution in [0.3, 0.4) is 0 Å². The first-order valence-corrected chi connectivity index (χ1v) is 12.4. The number of carbonyl (C=O) groups is 2. The second-order valence-electron chi connectivity index (χ2n) is 9.15. The lowest BCUT2D eigenvalue weighted by Crippen LogP contribution is -2.27. The van der Waals surface area contributed by atoms with Crippen molar-refractivity contribution >= 4 is 17.6 Å². The second kappa shape index (κ2) is 10.6. The van der Waals surface area contributed by atoms with Crippen molar-refractivity contribution < 1.29 is 14.7 Å². The maximum absolute atomic E-state index is 13.4. The minimum atomic E-state index is -0.912. The smallest absolute Gasteiger partial charge is 0.303 e. The Hall–Kier alpha value is -4.52. The van der Waals surface area contributed by atoms with Gasteiger partial charge in [0.05, 0.1) is 23.1 Å². The first-order valence-electron chi connectivity index (χ1n) is 12.4. The Kier molecular flexibility index (Phi) is 6.94. The summed E-state index contributed by atoms with van der Waals surface area (Å²) in [6.45, 7) is 2.05. The molecule has 0 saturated carbocycles. The number of rotatable bonds is 8. The number of para-hydroxylation sites is 1. The van der Waals surface area contributed by atoms with Crippen molar-refractivity contribution in [3.8, 4) is 16.9 Å². The number of benzene rings is 3. The van der Waals surface area contributed by atoms with Crippen LogP contribution in [-0.4, -0.2) is 37.5 Å². The Bertz CT molecular complexity index is 1440. The SMILES string of the molecule is Cc1ccccc1-c1nn(-c2ccccc2)cc1C1CC(c2ccccc2)=NN1C(=O)CCCC(=O)O. The molecule has 1 unspecified atom stereocenters. The van der Waals surface area contributed by atoms with Gasteiger partial charge >= 0.3 is 5.97 Å². The van der Waals surface area contributed by atoms with Gasteiger partial charge in [-0.05, 0) is 36.6 Å². The van der Waals surface area contributed by atoms with Gasteiger partial charge in [-0.2, -0.15) is 10.2 Å². The topological polar surface area (TPSA) is 87.8 Å². The molecule has 0 saturated heterocycles. The monoisotopic (exact) mass is 492 g/mol. The number of nitrogens with zero attached hydrogens (tertiary/aromatic N) is 4. The van der Waals surface area contributed by atoms with Crippen molar-refractivity contribution in [3.05, 3.63) is 108 Å². The Morgan fingerprint density at radius 3 is 2.30 bits per heavy atom. The van der Waals surface area contributed by atoms with Crippen LogP contribution in [0.4, 0.5) is 0 Å². The van der Waals surface area contributed by atoms with E-state index in [4.69, 9.17) is 15.3 Å². The molecule has 3 aromatic carbocycles. The zero-order valence-electron chi connectivity index (χ0n) is 20.6. The van der Waals surface area contributed by atoms with Gasteiger partial charge in [0.2, 0.25) is 5.91 Å². The largest absolute Gasteiger partial charge is 0.481 e. The molecule has 4 aromatic rings. The number of hydrogen-bond donors (Lipinski definition) is 1. The predicted octanol–water partition coefficient (Wildman–Crippen LogP) is 5.78. The average molecular weight is 493 g/mol. The molecular weight excluding hydrogens is 464 g/mol. The number of aliphatic carboxylic acids is 1. The maximum Gasteiger partial charge on any atom is 0.303 e. The Morgan fingerprint density at radius 1 is 0.919 bits per heavy atom. The maximum atomic E-state index is 13.4. The van der Waals surface area contributed by atoms with E-state index in [1.165, 1.54) is 5.01 Å². The number of amides is 1.